The molecule has 0 saturated carbocycles. The Morgan fingerprint density at radius 3 is 2.28 bits per heavy atom. The van der Waals surface area contributed by atoms with E-state index < -0.39 is 18.0 Å². The summed E-state index contributed by atoms with van der Waals surface area (Å²) in [7, 11) is 0. The Morgan fingerprint density at radius 2 is 1.57 bits per heavy atom. The summed E-state index contributed by atoms with van der Waals surface area (Å²) in [6, 6.07) is 24.0. The number of carboxylic acids is 1. The number of hydrogen-bond donors (Lipinski definition) is 3. The van der Waals surface area contributed by atoms with Crippen molar-refractivity contribution in [2.75, 3.05) is 32.8 Å². The Labute approximate surface area is 275 Å². The summed E-state index contributed by atoms with van der Waals surface area (Å²) >= 11 is 0. The minimum atomic E-state index is -0.992. The van der Waals surface area contributed by atoms with Gasteiger partial charge in [0.05, 0.1) is 38.4 Å². The predicted octanol–water partition coefficient (Wildman–Crippen LogP) is 4.96. The lowest BCUT2D eigenvalue weighted by atomic mass is 9.89. The summed E-state index contributed by atoms with van der Waals surface area (Å²) in [6.45, 7) is 6.32. The molecule has 10 nitrogen and oxygen atoms in total. The molecule has 4 atom stereocenters. The largest absolute Gasteiger partial charge is 0.481 e. The van der Waals surface area contributed by atoms with E-state index in [1.165, 1.54) is 0 Å². The maximum Gasteiger partial charge on any atom is 0.303 e. The Morgan fingerprint density at radius 1 is 0.872 bits per heavy atom. The molecular formula is C37H44N2O8. The number of nitrogens with zero attached hydrogens (tertiary/aromatic N) is 1. The Hall–Kier alpha value is -3.64. The normalized spacial score (nSPS) is 24.3. The number of carbonyl (C=O) groups excluding carboxylic acids is 1. The monoisotopic (exact) mass is 644 g/mol. The van der Waals surface area contributed by atoms with E-state index in [4.69, 9.17) is 24.1 Å². The van der Waals surface area contributed by atoms with E-state index in [1.54, 1.807) is 0 Å². The number of ether oxygens (including phenoxy) is 4. The highest BCUT2D eigenvalue weighted by Crippen LogP contribution is 2.43. The molecular weight excluding hydrogens is 600 g/mol. The van der Waals surface area contributed by atoms with Crippen LogP contribution < -0.4 is 5.32 Å². The molecule has 1 spiro atoms. The molecule has 3 aliphatic heterocycles. The van der Waals surface area contributed by atoms with E-state index in [2.05, 4.69) is 23.2 Å². The van der Waals surface area contributed by atoms with Crippen LogP contribution in [0.1, 0.15) is 67.3 Å². The maximum atomic E-state index is 12.1. The fourth-order valence-corrected chi connectivity index (χ4v) is 6.68. The van der Waals surface area contributed by atoms with Crippen molar-refractivity contribution in [3.8, 4) is 11.1 Å². The second kappa shape index (κ2) is 15.1. The molecule has 3 N–H and O–H groups in total. The second-order valence-corrected chi connectivity index (χ2v) is 12.7. The van der Waals surface area contributed by atoms with Gasteiger partial charge in [-0.1, -0.05) is 67.6 Å². The van der Waals surface area contributed by atoms with Gasteiger partial charge >= 0.3 is 5.97 Å². The highest BCUT2D eigenvalue weighted by atomic mass is 16.7. The van der Waals surface area contributed by atoms with Gasteiger partial charge in [0.25, 0.3) is 0 Å². The number of carbonyl (C=O) groups is 2. The molecule has 3 aromatic rings. The van der Waals surface area contributed by atoms with Crippen LogP contribution in [0.2, 0.25) is 0 Å². The first kappa shape index (κ1) is 33.3. The zero-order valence-corrected chi connectivity index (χ0v) is 26.8. The van der Waals surface area contributed by atoms with Crippen molar-refractivity contribution in [2.45, 2.75) is 70.0 Å². The number of amides is 1. The van der Waals surface area contributed by atoms with Crippen LogP contribution in [-0.2, 0) is 41.7 Å². The molecule has 3 heterocycles. The average molecular weight is 645 g/mol. The number of rotatable bonds is 11. The number of aliphatic carboxylic acids is 1. The van der Waals surface area contributed by atoms with Crippen LogP contribution in [-0.4, -0.2) is 71.7 Å². The number of nitrogens with one attached hydrogen (secondary N) is 1. The van der Waals surface area contributed by atoms with Gasteiger partial charge in [0.15, 0.2) is 12.1 Å². The third-order valence-electron chi connectivity index (χ3n) is 9.47. The topological polar surface area (TPSA) is 127 Å². The van der Waals surface area contributed by atoms with Crippen molar-refractivity contribution in [2.24, 2.45) is 5.92 Å². The third kappa shape index (κ3) is 8.27. The van der Waals surface area contributed by atoms with Gasteiger partial charge in [0.2, 0.25) is 5.91 Å². The second-order valence-electron chi connectivity index (χ2n) is 12.7. The molecule has 3 saturated heterocycles. The van der Waals surface area contributed by atoms with E-state index in [1.807, 2.05) is 66.7 Å². The lowest BCUT2D eigenvalue weighted by molar-refractivity contribution is -0.278. The van der Waals surface area contributed by atoms with Crippen LogP contribution in [0.25, 0.3) is 11.1 Å². The molecule has 47 heavy (non-hydrogen) atoms. The standard InChI is InChI=1S/C37H44N2O8/c1-25-32(23-39-16-14-37(15-17-39)44-18-19-45-37)46-36(47-35(25)28-10-8-26(24-40)9-11-28)31-7-3-6-30(21-31)29-5-2-4-27(20-29)22-38-33(41)12-13-34(42)43/h2-11,20-21,25,32,35-36,40H,12-19,22-24H2,1H3,(H,38,41)(H,42,43)/t25-,32+,35+,36+/m0/s1. The number of likely N-dealkylation sites (tertiary alicyclic amines) is 1. The van der Waals surface area contributed by atoms with Gasteiger partial charge in [0, 0.05) is 56.9 Å². The highest BCUT2D eigenvalue weighted by Gasteiger charge is 2.43. The van der Waals surface area contributed by atoms with Gasteiger partial charge in [0.1, 0.15) is 0 Å². The molecule has 6 rings (SSSR count). The summed E-state index contributed by atoms with van der Waals surface area (Å²) in [5.41, 5.74) is 5.71. The minimum Gasteiger partial charge on any atom is -0.481 e. The summed E-state index contributed by atoms with van der Waals surface area (Å²) < 4.78 is 25.4. The van der Waals surface area contributed by atoms with Crippen LogP contribution in [0.4, 0.5) is 0 Å². The van der Waals surface area contributed by atoms with Crippen molar-refractivity contribution in [1.29, 1.82) is 0 Å². The zero-order chi connectivity index (χ0) is 32.8. The van der Waals surface area contributed by atoms with E-state index in [0.717, 1.165) is 65.9 Å². The van der Waals surface area contributed by atoms with Crippen LogP contribution >= 0.6 is 0 Å². The van der Waals surface area contributed by atoms with Crippen molar-refractivity contribution >= 4 is 11.9 Å². The summed E-state index contributed by atoms with van der Waals surface area (Å²) in [5, 5.41) is 21.2. The predicted molar refractivity (Wildman–Crippen MR) is 174 cm³/mol. The molecule has 0 aromatic heterocycles. The quantitative estimate of drug-likeness (QED) is 0.266. The van der Waals surface area contributed by atoms with E-state index >= 15 is 0 Å². The summed E-state index contributed by atoms with van der Waals surface area (Å²) in [5.74, 6) is -1.64. The Bertz CT molecular complexity index is 1510. The molecule has 3 fully saturated rings. The van der Waals surface area contributed by atoms with E-state index in [9.17, 15) is 14.7 Å². The summed E-state index contributed by atoms with van der Waals surface area (Å²) in [4.78, 5) is 25.3. The number of aliphatic hydroxyl groups excluding tert-OH is 1. The smallest absolute Gasteiger partial charge is 0.303 e. The number of carboxylic acid groups (broad SMARTS) is 1. The number of aliphatic hydroxyl groups is 1. The molecule has 10 heteroatoms. The molecule has 3 aliphatic rings. The van der Waals surface area contributed by atoms with Crippen molar-refractivity contribution < 1.29 is 38.7 Å². The molecule has 1 amide bonds. The molecule has 3 aromatic carbocycles. The fourth-order valence-electron chi connectivity index (χ4n) is 6.68. The van der Waals surface area contributed by atoms with Gasteiger partial charge in [-0.3, -0.25) is 9.59 Å². The number of hydrogen-bond acceptors (Lipinski definition) is 8. The minimum absolute atomic E-state index is 0.00924. The van der Waals surface area contributed by atoms with Gasteiger partial charge in [-0.2, -0.15) is 0 Å². The van der Waals surface area contributed by atoms with Crippen LogP contribution in [0.3, 0.4) is 0 Å². The van der Waals surface area contributed by atoms with Crippen molar-refractivity contribution in [3.05, 3.63) is 95.1 Å². The lowest BCUT2D eigenvalue weighted by Gasteiger charge is -2.44. The first-order chi connectivity index (χ1) is 22.8. The third-order valence-corrected chi connectivity index (χ3v) is 9.47. The van der Waals surface area contributed by atoms with E-state index in [0.29, 0.717) is 19.8 Å². The lowest BCUT2D eigenvalue weighted by Crippen LogP contribution is -2.50. The molecule has 0 bridgehead atoms. The molecule has 0 radical (unpaired) electrons. The van der Waals surface area contributed by atoms with Crippen LogP contribution in [0.5, 0.6) is 0 Å². The van der Waals surface area contributed by atoms with Gasteiger partial charge in [-0.05, 0) is 39.9 Å². The first-order valence-electron chi connectivity index (χ1n) is 16.5. The molecule has 250 valence electrons. The zero-order valence-electron chi connectivity index (χ0n) is 26.8. The number of piperidine rings is 1. The van der Waals surface area contributed by atoms with E-state index in [-0.39, 0.29) is 43.5 Å². The Balaban J connectivity index is 1.19. The highest BCUT2D eigenvalue weighted by molar-refractivity contribution is 5.80. The average Bonchev–Trinajstić information content (AvgIpc) is 3.56. The van der Waals surface area contributed by atoms with Gasteiger partial charge in [-0.25, -0.2) is 0 Å². The number of benzene rings is 3. The van der Waals surface area contributed by atoms with Crippen LogP contribution in [0, 0.1) is 5.92 Å². The van der Waals surface area contributed by atoms with Gasteiger partial charge in [-0.15, -0.1) is 0 Å². The van der Waals surface area contributed by atoms with Gasteiger partial charge < -0.3 is 39.4 Å². The summed E-state index contributed by atoms with van der Waals surface area (Å²) in [6.07, 6.45) is 0.550. The van der Waals surface area contributed by atoms with Crippen molar-refractivity contribution in [1.82, 2.24) is 10.2 Å². The maximum absolute atomic E-state index is 12.1. The molecule has 0 unspecified atom stereocenters. The SMILES string of the molecule is C[C@H]1[C@@H](CN2CCC3(CC2)OCCO3)O[C@@H](c2cccc(-c3cccc(CNC(=O)CCC(=O)O)c3)c2)O[C@H]1c1ccc(CO)cc1. The van der Waals surface area contributed by atoms with Crippen molar-refractivity contribution in [3.63, 3.8) is 0 Å². The fraction of sp³-hybridized carbons (Fsp3) is 0.459. The molecule has 0 aliphatic carbocycles. The Kier molecular flexibility index (Phi) is 10.7. The van der Waals surface area contributed by atoms with Crippen LogP contribution in [0.15, 0.2) is 72.8 Å². The first-order valence-corrected chi connectivity index (χ1v) is 16.5.